The summed E-state index contributed by atoms with van der Waals surface area (Å²) in [5.41, 5.74) is 4.89. The summed E-state index contributed by atoms with van der Waals surface area (Å²) in [6, 6.07) is 14.3. The molecular weight excluding hydrogens is 410 g/mol. The molecule has 2 aliphatic rings. The quantitative estimate of drug-likeness (QED) is 0.634. The number of H-pyrrole nitrogens is 1. The van der Waals surface area contributed by atoms with E-state index in [1.165, 1.54) is 16.5 Å². The number of hydrogen-bond acceptors (Lipinski definition) is 4. The maximum Gasteiger partial charge on any atom is 0.120 e. The number of aliphatic hydroxyl groups is 1. The van der Waals surface area contributed by atoms with Crippen LogP contribution < -0.4 is 4.74 Å². The fraction of sp³-hybridized carbons (Fsp3) is 0.440. The van der Waals surface area contributed by atoms with E-state index in [4.69, 9.17) is 16.3 Å². The largest absolute Gasteiger partial charge is 0.497 e. The number of methoxy groups -OCH3 is 1. The summed E-state index contributed by atoms with van der Waals surface area (Å²) in [6.45, 7) is 3.94. The van der Waals surface area contributed by atoms with Crippen molar-refractivity contribution in [3.63, 3.8) is 0 Å². The number of ether oxygens (including phenoxy) is 1. The van der Waals surface area contributed by atoms with E-state index in [2.05, 4.69) is 40.0 Å². The molecule has 164 valence electrons. The molecule has 1 aromatic heterocycles. The molecule has 0 amide bonds. The Balaban J connectivity index is 1.63. The Hall–Kier alpha value is -2.05. The van der Waals surface area contributed by atoms with Gasteiger partial charge in [0.1, 0.15) is 5.75 Å². The zero-order chi connectivity index (χ0) is 21.6. The van der Waals surface area contributed by atoms with Gasteiger partial charge in [0.2, 0.25) is 0 Å². The number of hydrogen-bond donors (Lipinski definition) is 2. The van der Waals surface area contributed by atoms with Crippen molar-refractivity contribution in [3.05, 3.63) is 64.3 Å². The van der Waals surface area contributed by atoms with E-state index >= 15 is 0 Å². The number of fused-ring (bicyclic) bond motifs is 4. The number of likely N-dealkylation sites (tertiary alicyclic amines) is 1. The van der Waals surface area contributed by atoms with Crippen LogP contribution in [0.2, 0.25) is 5.02 Å². The first-order chi connectivity index (χ1) is 15.0. The van der Waals surface area contributed by atoms with Crippen LogP contribution in [0.3, 0.4) is 0 Å². The van der Waals surface area contributed by atoms with Gasteiger partial charge in [-0.1, -0.05) is 23.7 Å². The molecule has 3 heterocycles. The molecule has 2 aliphatic heterocycles. The summed E-state index contributed by atoms with van der Waals surface area (Å²) < 4.78 is 5.47. The highest BCUT2D eigenvalue weighted by atomic mass is 35.5. The number of aromatic amines is 1. The van der Waals surface area contributed by atoms with Gasteiger partial charge in [-0.25, -0.2) is 0 Å². The molecule has 0 aliphatic carbocycles. The summed E-state index contributed by atoms with van der Waals surface area (Å²) in [4.78, 5) is 8.54. The van der Waals surface area contributed by atoms with Crippen LogP contribution in [0.5, 0.6) is 5.75 Å². The van der Waals surface area contributed by atoms with E-state index in [0.717, 1.165) is 61.0 Å². The summed E-state index contributed by atoms with van der Waals surface area (Å²) in [7, 11) is 3.91. The van der Waals surface area contributed by atoms with Crippen molar-refractivity contribution in [2.75, 3.05) is 40.4 Å². The third kappa shape index (κ3) is 3.64. The molecule has 31 heavy (non-hydrogen) atoms. The van der Waals surface area contributed by atoms with E-state index in [-0.39, 0.29) is 18.1 Å². The van der Waals surface area contributed by atoms with E-state index in [1.54, 1.807) is 7.11 Å². The van der Waals surface area contributed by atoms with Gasteiger partial charge >= 0.3 is 0 Å². The van der Waals surface area contributed by atoms with Gasteiger partial charge in [-0.2, -0.15) is 0 Å². The second kappa shape index (κ2) is 8.14. The number of benzene rings is 2. The Morgan fingerprint density at radius 2 is 2.00 bits per heavy atom. The van der Waals surface area contributed by atoms with E-state index in [9.17, 15) is 5.11 Å². The highest BCUT2D eigenvalue weighted by Gasteiger charge is 2.46. The number of rotatable bonds is 4. The van der Waals surface area contributed by atoms with Gasteiger partial charge in [0.25, 0.3) is 0 Å². The van der Waals surface area contributed by atoms with Crippen LogP contribution in [-0.4, -0.2) is 60.3 Å². The maximum absolute atomic E-state index is 10.5. The third-order valence-electron chi connectivity index (χ3n) is 7.24. The van der Waals surface area contributed by atoms with Crippen LogP contribution in [0, 0.1) is 0 Å². The molecule has 6 heteroatoms. The van der Waals surface area contributed by atoms with E-state index in [0.29, 0.717) is 0 Å². The molecule has 2 aromatic carbocycles. The molecule has 5 nitrogen and oxygen atoms in total. The van der Waals surface area contributed by atoms with Crippen LogP contribution in [0.25, 0.3) is 10.9 Å². The van der Waals surface area contributed by atoms with Crippen molar-refractivity contribution in [2.45, 2.75) is 30.8 Å². The summed E-state index contributed by atoms with van der Waals surface area (Å²) >= 11 is 6.26. The Bertz CT molecular complexity index is 1090. The lowest BCUT2D eigenvalue weighted by Gasteiger charge is -2.50. The van der Waals surface area contributed by atoms with Crippen molar-refractivity contribution >= 4 is 22.5 Å². The minimum absolute atomic E-state index is 0.0684. The average Bonchev–Trinajstić information content (AvgIpc) is 3.15. The molecule has 1 atom stereocenters. The zero-order valence-electron chi connectivity index (χ0n) is 18.2. The minimum atomic E-state index is -0.0716. The number of nitrogens with zero attached hydrogens (tertiary/aromatic N) is 2. The Morgan fingerprint density at radius 3 is 2.71 bits per heavy atom. The van der Waals surface area contributed by atoms with Crippen LogP contribution in [-0.2, 0) is 12.0 Å². The molecule has 1 saturated heterocycles. The van der Waals surface area contributed by atoms with Crippen molar-refractivity contribution in [1.82, 2.24) is 14.8 Å². The fourth-order valence-electron chi connectivity index (χ4n) is 5.60. The van der Waals surface area contributed by atoms with Gasteiger partial charge in [-0.3, -0.25) is 4.90 Å². The molecule has 0 unspecified atom stereocenters. The molecule has 3 aromatic rings. The zero-order valence-corrected chi connectivity index (χ0v) is 19.0. The molecule has 5 rings (SSSR count). The van der Waals surface area contributed by atoms with Crippen molar-refractivity contribution < 1.29 is 9.84 Å². The molecule has 0 radical (unpaired) electrons. The topological polar surface area (TPSA) is 51.7 Å². The Morgan fingerprint density at radius 1 is 1.19 bits per heavy atom. The fourth-order valence-corrected chi connectivity index (χ4v) is 5.82. The normalized spacial score (nSPS) is 21.5. The molecular formula is C25H30ClN3O2. The predicted molar refractivity (Wildman–Crippen MR) is 125 cm³/mol. The summed E-state index contributed by atoms with van der Waals surface area (Å²) in [5.74, 6) is 0.847. The summed E-state index contributed by atoms with van der Waals surface area (Å²) in [6.07, 6.45) is 2.22. The number of nitrogens with one attached hydrogen (secondary N) is 1. The first-order valence-electron chi connectivity index (χ1n) is 11.0. The number of aliphatic hydroxyl groups excluding tert-OH is 1. The van der Waals surface area contributed by atoms with Crippen molar-refractivity contribution in [2.24, 2.45) is 0 Å². The lowest BCUT2D eigenvalue weighted by atomic mass is 9.68. The first-order valence-corrected chi connectivity index (χ1v) is 11.4. The van der Waals surface area contributed by atoms with Crippen LogP contribution >= 0.6 is 11.6 Å². The second-order valence-corrected chi connectivity index (χ2v) is 9.58. The highest BCUT2D eigenvalue weighted by molar-refractivity contribution is 6.30. The number of halogens is 1. The van der Waals surface area contributed by atoms with Gasteiger partial charge in [0, 0.05) is 46.2 Å². The number of aromatic nitrogens is 1. The second-order valence-electron chi connectivity index (χ2n) is 9.14. The molecule has 0 saturated carbocycles. The van der Waals surface area contributed by atoms with Gasteiger partial charge in [0.05, 0.1) is 19.8 Å². The van der Waals surface area contributed by atoms with Crippen LogP contribution in [0.4, 0.5) is 0 Å². The van der Waals surface area contributed by atoms with Gasteiger partial charge < -0.3 is 19.7 Å². The maximum atomic E-state index is 10.5. The first kappa shape index (κ1) is 20.8. The monoisotopic (exact) mass is 439 g/mol. The lowest BCUT2D eigenvalue weighted by molar-refractivity contribution is 0.0475. The van der Waals surface area contributed by atoms with Crippen molar-refractivity contribution in [1.29, 1.82) is 0 Å². The molecule has 1 fully saturated rings. The predicted octanol–water partition coefficient (Wildman–Crippen LogP) is 4.34. The molecule has 1 spiro atoms. The van der Waals surface area contributed by atoms with E-state index < -0.39 is 0 Å². The average molecular weight is 440 g/mol. The van der Waals surface area contributed by atoms with Crippen LogP contribution in [0.1, 0.15) is 35.7 Å². The Kier molecular flexibility index (Phi) is 5.47. The number of piperidine rings is 1. The minimum Gasteiger partial charge on any atom is -0.497 e. The van der Waals surface area contributed by atoms with Crippen molar-refractivity contribution in [3.8, 4) is 5.75 Å². The third-order valence-corrected chi connectivity index (χ3v) is 7.47. The van der Waals surface area contributed by atoms with Gasteiger partial charge in [0.15, 0.2) is 0 Å². The van der Waals surface area contributed by atoms with Crippen LogP contribution in [0.15, 0.2) is 42.5 Å². The smallest absolute Gasteiger partial charge is 0.120 e. The highest BCUT2D eigenvalue weighted by Crippen LogP contribution is 2.49. The van der Waals surface area contributed by atoms with Gasteiger partial charge in [-0.05, 0) is 68.4 Å². The SMILES string of the molecule is COc1ccc2c3c([nH]c2c1)[C@@H](CO)N(Cc1cccc(Cl)c1)CC31CCN(C)CC1. The summed E-state index contributed by atoms with van der Waals surface area (Å²) in [5, 5.41) is 12.5. The lowest BCUT2D eigenvalue weighted by Crippen LogP contribution is -2.53. The molecule has 2 N–H and O–H groups in total. The van der Waals surface area contributed by atoms with E-state index in [1.807, 2.05) is 24.3 Å². The molecule has 0 bridgehead atoms. The standard InChI is InChI=1S/C25H30ClN3O2/c1-28-10-8-25(9-11-28)16-29(14-17-4-3-5-18(26)12-17)22(15-30)24-23(25)20-7-6-19(31-2)13-21(20)27-24/h3-7,12-13,22,27,30H,8-11,14-16H2,1-2H3/t22-/m1/s1. The van der Waals surface area contributed by atoms with Gasteiger partial charge in [-0.15, -0.1) is 0 Å². The Labute approximate surface area is 188 Å².